The lowest BCUT2D eigenvalue weighted by Crippen LogP contribution is -2.35. The molecular weight excluding hydrogens is 312 g/mol. The van der Waals surface area contributed by atoms with Crippen LogP contribution in [0.1, 0.15) is 18.4 Å². The Bertz CT molecular complexity index is 843. The van der Waals surface area contributed by atoms with Crippen molar-refractivity contribution in [2.24, 2.45) is 23.7 Å². The molecule has 1 aromatic carbocycles. The van der Waals surface area contributed by atoms with Crippen LogP contribution in [0.15, 0.2) is 18.2 Å². The van der Waals surface area contributed by atoms with Crippen LogP contribution < -0.4 is 5.32 Å². The molecule has 6 heteroatoms. The number of esters is 1. The topological polar surface area (TPSA) is 68.3 Å². The number of aryl methyl sites for hydroxylation is 1. The van der Waals surface area contributed by atoms with Gasteiger partial charge in [-0.25, -0.2) is 4.98 Å². The Hall–Kier alpha value is -1.95. The van der Waals surface area contributed by atoms with E-state index in [0.29, 0.717) is 5.13 Å². The molecule has 23 heavy (non-hydrogen) atoms. The van der Waals surface area contributed by atoms with Gasteiger partial charge in [-0.2, -0.15) is 0 Å². The van der Waals surface area contributed by atoms with E-state index in [4.69, 9.17) is 4.74 Å². The van der Waals surface area contributed by atoms with Crippen LogP contribution in [0, 0.1) is 30.6 Å². The van der Waals surface area contributed by atoms with Crippen LogP contribution in [0.4, 0.5) is 5.13 Å². The van der Waals surface area contributed by atoms with E-state index in [2.05, 4.69) is 16.4 Å². The molecule has 1 N–H and O–H groups in total. The summed E-state index contributed by atoms with van der Waals surface area (Å²) in [6, 6.07) is 6.05. The molecule has 2 bridgehead atoms. The van der Waals surface area contributed by atoms with Gasteiger partial charge in [0.15, 0.2) is 5.13 Å². The molecule has 3 fully saturated rings. The maximum absolute atomic E-state index is 12.7. The predicted molar refractivity (Wildman–Crippen MR) is 86.1 cm³/mol. The number of nitrogens with one attached hydrogen (secondary N) is 1. The minimum absolute atomic E-state index is 0.0620. The zero-order valence-electron chi connectivity index (χ0n) is 12.6. The lowest BCUT2D eigenvalue weighted by molar-refractivity contribution is -0.145. The molecule has 2 aromatic rings. The summed E-state index contributed by atoms with van der Waals surface area (Å²) in [5, 5.41) is 3.55. The molecule has 3 aliphatic rings. The largest absolute Gasteiger partial charge is 0.462 e. The van der Waals surface area contributed by atoms with Gasteiger partial charge in [0.05, 0.1) is 22.1 Å². The minimum atomic E-state index is -0.250. The zero-order chi connectivity index (χ0) is 15.7. The summed E-state index contributed by atoms with van der Waals surface area (Å²) in [7, 11) is 0. The predicted octanol–water partition coefficient (Wildman–Crippen LogP) is 2.74. The number of hydrogen-bond acceptors (Lipinski definition) is 5. The average molecular weight is 328 g/mol. The van der Waals surface area contributed by atoms with Crippen LogP contribution >= 0.6 is 11.3 Å². The number of hydrogen-bond donors (Lipinski definition) is 1. The number of fused-ring (bicyclic) bond motifs is 2. The van der Waals surface area contributed by atoms with Crippen LogP contribution in [0.5, 0.6) is 0 Å². The molecule has 118 valence electrons. The van der Waals surface area contributed by atoms with Gasteiger partial charge in [-0.15, -0.1) is 0 Å². The number of nitrogens with zero attached hydrogens (tertiary/aromatic N) is 1. The SMILES string of the molecule is Cc1ccc2nc(NC(=O)[C@@H]3[C@@H]4C[C@@H]5[C@H]3C(=O)O[C@H]5C4)sc2c1. The molecule has 1 aliphatic heterocycles. The fraction of sp³-hybridized carbons (Fsp3) is 0.471. The highest BCUT2D eigenvalue weighted by Gasteiger charge is 2.63. The molecule has 1 saturated heterocycles. The molecule has 1 amide bonds. The number of amides is 1. The molecule has 0 spiro atoms. The second kappa shape index (κ2) is 4.54. The first-order chi connectivity index (χ1) is 11.1. The van der Waals surface area contributed by atoms with E-state index in [-0.39, 0.29) is 41.7 Å². The summed E-state index contributed by atoms with van der Waals surface area (Å²) >= 11 is 1.48. The van der Waals surface area contributed by atoms with Gasteiger partial charge in [-0.1, -0.05) is 17.4 Å². The molecule has 0 radical (unpaired) electrons. The van der Waals surface area contributed by atoms with Gasteiger partial charge in [0.1, 0.15) is 6.10 Å². The van der Waals surface area contributed by atoms with Crippen molar-refractivity contribution in [2.45, 2.75) is 25.9 Å². The third-order valence-corrected chi connectivity index (χ3v) is 6.49. The van der Waals surface area contributed by atoms with Gasteiger partial charge in [-0.05, 0) is 43.4 Å². The highest BCUT2D eigenvalue weighted by atomic mass is 32.1. The monoisotopic (exact) mass is 328 g/mol. The maximum atomic E-state index is 12.7. The number of carbonyl (C=O) groups is 2. The molecule has 5 atom stereocenters. The van der Waals surface area contributed by atoms with Gasteiger partial charge in [0.2, 0.25) is 5.91 Å². The van der Waals surface area contributed by atoms with E-state index in [9.17, 15) is 9.59 Å². The normalized spacial score (nSPS) is 34.1. The summed E-state index contributed by atoms with van der Waals surface area (Å²) in [5.74, 6) is -0.217. The van der Waals surface area contributed by atoms with E-state index in [1.54, 1.807) is 0 Å². The zero-order valence-corrected chi connectivity index (χ0v) is 13.4. The summed E-state index contributed by atoms with van der Waals surface area (Å²) in [4.78, 5) is 29.2. The van der Waals surface area contributed by atoms with Crippen molar-refractivity contribution in [1.82, 2.24) is 4.98 Å². The number of ether oxygens (including phenoxy) is 1. The molecule has 1 aromatic heterocycles. The van der Waals surface area contributed by atoms with E-state index in [1.807, 2.05) is 19.1 Å². The highest BCUT2D eigenvalue weighted by molar-refractivity contribution is 7.22. The summed E-state index contributed by atoms with van der Waals surface area (Å²) < 4.78 is 6.46. The lowest BCUT2D eigenvalue weighted by atomic mass is 9.79. The van der Waals surface area contributed by atoms with Crippen molar-refractivity contribution >= 4 is 38.6 Å². The molecule has 5 nitrogen and oxygen atoms in total. The van der Waals surface area contributed by atoms with Gasteiger partial charge >= 0.3 is 5.97 Å². The third-order valence-electron chi connectivity index (χ3n) is 5.56. The van der Waals surface area contributed by atoms with E-state index in [1.165, 1.54) is 16.9 Å². The highest BCUT2D eigenvalue weighted by Crippen LogP contribution is 2.57. The second-order valence-corrected chi connectivity index (χ2v) is 7.93. The first kappa shape index (κ1) is 13.5. The van der Waals surface area contributed by atoms with Crippen molar-refractivity contribution in [1.29, 1.82) is 0 Å². The Balaban J connectivity index is 1.41. The average Bonchev–Trinajstić information content (AvgIpc) is 3.19. The number of rotatable bonds is 2. The lowest BCUT2D eigenvalue weighted by Gasteiger charge is -2.22. The van der Waals surface area contributed by atoms with Crippen LogP contribution in [0.25, 0.3) is 10.2 Å². The Labute approximate surface area is 137 Å². The Morgan fingerprint density at radius 1 is 1.39 bits per heavy atom. The second-order valence-electron chi connectivity index (χ2n) is 6.90. The van der Waals surface area contributed by atoms with Gasteiger partial charge in [0, 0.05) is 5.92 Å². The number of carbonyl (C=O) groups excluding carboxylic acids is 2. The van der Waals surface area contributed by atoms with Crippen LogP contribution in [-0.4, -0.2) is 23.0 Å². The first-order valence-electron chi connectivity index (χ1n) is 7.99. The standard InChI is InChI=1S/C17H16N2O3S/c1-7-2-3-10-12(4-7)23-17(18-10)19-15(20)13-8-5-9-11(6-8)22-16(21)14(9)13/h2-4,8-9,11,13-14H,5-6H2,1H3,(H,18,19,20)/t8-,9+,11+,13-,14-/m1/s1. The van der Waals surface area contributed by atoms with Gasteiger partial charge in [-0.3, -0.25) is 9.59 Å². The molecule has 2 heterocycles. The van der Waals surface area contributed by atoms with Crippen LogP contribution in [-0.2, 0) is 14.3 Å². The number of thiazole rings is 1. The summed E-state index contributed by atoms with van der Waals surface area (Å²) in [6.45, 7) is 2.04. The minimum Gasteiger partial charge on any atom is -0.462 e. The molecular formula is C17H16N2O3S. The summed E-state index contributed by atoms with van der Waals surface area (Å²) in [6.07, 6.45) is 1.84. The van der Waals surface area contributed by atoms with Crippen molar-refractivity contribution in [3.8, 4) is 0 Å². The van der Waals surface area contributed by atoms with Crippen molar-refractivity contribution in [2.75, 3.05) is 5.32 Å². The van der Waals surface area contributed by atoms with Crippen molar-refractivity contribution in [3.63, 3.8) is 0 Å². The molecule has 5 rings (SSSR count). The van der Waals surface area contributed by atoms with Gasteiger partial charge in [0.25, 0.3) is 0 Å². The van der Waals surface area contributed by atoms with Crippen molar-refractivity contribution < 1.29 is 14.3 Å². The van der Waals surface area contributed by atoms with Crippen molar-refractivity contribution in [3.05, 3.63) is 23.8 Å². The van der Waals surface area contributed by atoms with E-state index < -0.39 is 0 Å². The van der Waals surface area contributed by atoms with Gasteiger partial charge < -0.3 is 10.1 Å². The Morgan fingerprint density at radius 3 is 3.13 bits per heavy atom. The summed E-state index contributed by atoms with van der Waals surface area (Å²) in [5.41, 5.74) is 2.07. The molecule has 2 aliphatic carbocycles. The Kier molecular flexibility index (Phi) is 2.66. The fourth-order valence-electron chi connectivity index (χ4n) is 4.64. The Morgan fingerprint density at radius 2 is 2.26 bits per heavy atom. The fourth-order valence-corrected chi connectivity index (χ4v) is 5.60. The first-order valence-corrected chi connectivity index (χ1v) is 8.80. The molecule has 0 unspecified atom stereocenters. The van der Waals surface area contributed by atoms with Crippen LogP contribution in [0.3, 0.4) is 0 Å². The van der Waals surface area contributed by atoms with E-state index in [0.717, 1.165) is 23.1 Å². The van der Waals surface area contributed by atoms with E-state index >= 15 is 0 Å². The third kappa shape index (κ3) is 1.87. The maximum Gasteiger partial charge on any atom is 0.310 e. The number of aromatic nitrogens is 1. The number of anilines is 1. The van der Waals surface area contributed by atoms with Crippen LogP contribution in [0.2, 0.25) is 0 Å². The molecule has 2 saturated carbocycles. The quantitative estimate of drug-likeness (QED) is 0.861. The number of benzene rings is 1. The smallest absolute Gasteiger partial charge is 0.310 e.